The summed E-state index contributed by atoms with van der Waals surface area (Å²) in [6, 6.07) is 1.92. The van der Waals surface area contributed by atoms with E-state index in [1.807, 2.05) is 37.9 Å². The molecule has 0 fully saturated rings. The number of carbonyl (C=O) groups is 1. The summed E-state index contributed by atoms with van der Waals surface area (Å²) < 4.78 is 2.08. The van der Waals surface area contributed by atoms with Crippen molar-refractivity contribution in [2.24, 2.45) is 0 Å². The molecule has 0 amide bonds. The average molecular weight is 250 g/mol. The highest BCUT2D eigenvalue weighted by atomic mass is 16.3. The van der Waals surface area contributed by atoms with E-state index < -0.39 is 0 Å². The molecule has 4 heteroatoms. The van der Waals surface area contributed by atoms with Gasteiger partial charge in [0.05, 0.1) is 13.2 Å². The highest BCUT2D eigenvalue weighted by Gasteiger charge is 2.16. The number of aryl methyl sites for hydroxylation is 1. The number of hydrogen-bond donors (Lipinski definition) is 1. The van der Waals surface area contributed by atoms with Gasteiger partial charge in [-0.1, -0.05) is 6.08 Å². The minimum atomic E-state index is 0.0687. The highest BCUT2D eigenvalue weighted by molar-refractivity contribution is 5.99. The summed E-state index contributed by atoms with van der Waals surface area (Å²) in [6.45, 7) is 9.30. The number of aliphatic hydroxyl groups excluding tert-OH is 1. The summed E-state index contributed by atoms with van der Waals surface area (Å²) in [4.78, 5) is 14.0. The Morgan fingerprint density at radius 2 is 2.22 bits per heavy atom. The van der Waals surface area contributed by atoms with Crippen LogP contribution in [0.2, 0.25) is 0 Å². The van der Waals surface area contributed by atoms with E-state index in [0.29, 0.717) is 13.1 Å². The van der Waals surface area contributed by atoms with Gasteiger partial charge in [0, 0.05) is 30.0 Å². The zero-order valence-corrected chi connectivity index (χ0v) is 11.4. The van der Waals surface area contributed by atoms with E-state index in [1.54, 1.807) is 0 Å². The minimum absolute atomic E-state index is 0.0687. The lowest BCUT2D eigenvalue weighted by Crippen LogP contribution is -2.28. The van der Waals surface area contributed by atoms with Gasteiger partial charge in [-0.3, -0.25) is 9.69 Å². The largest absolute Gasteiger partial charge is 0.395 e. The van der Waals surface area contributed by atoms with E-state index in [4.69, 9.17) is 5.11 Å². The van der Waals surface area contributed by atoms with Gasteiger partial charge < -0.3 is 9.67 Å². The fourth-order valence-electron chi connectivity index (χ4n) is 2.07. The molecule has 0 saturated heterocycles. The number of aliphatic hydroxyl groups is 1. The van der Waals surface area contributed by atoms with Crippen molar-refractivity contribution in [1.82, 2.24) is 9.47 Å². The first-order chi connectivity index (χ1) is 8.51. The minimum Gasteiger partial charge on any atom is -0.395 e. The van der Waals surface area contributed by atoms with Gasteiger partial charge >= 0.3 is 0 Å². The van der Waals surface area contributed by atoms with E-state index in [9.17, 15) is 4.79 Å². The molecule has 0 aliphatic rings. The van der Waals surface area contributed by atoms with E-state index in [0.717, 1.165) is 23.5 Å². The van der Waals surface area contributed by atoms with Gasteiger partial charge in [0.25, 0.3) is 0 Å². The lowest BCUT2D eigenvalue weighted by atomic mass is 10.1. The summed E-state index contributed by atoms with van der Waals surface area (Å²) >= 11 is 0. The van der Waals surface area contributed by atoms with Gasteiger partial charge in [-0.05, 0) is 27.0 Å². The predicted molar refractivity (Wildman–Crippen MR) is 73.0 cm³/mol. The van der Waals surface area contributed by atoms with Gasteiger partial charge in [-0.25, -0.2) is 0 Å². The van der Waals surface area contributed by atoms with Crippen LogP contribution in [0.15, 0.2) is 18.7 Å². The van der Waals surface area contributed by atoms with Crippen molar-refractivity contribution in [3.8, 4) is 0 Å². The smallest absolute Gasteiger partial charge is 0.178 e. The number of carbonyl (C=O) groups excluding carboxylic acids is 1. The number of ketones is 1. The molecule has 0 aromatic carbocycles. The van der Waals surface area contributed by atoms with Crippen molar-refractivity contribution in [2.75, 3.05) is 26.7 Å². The number of Topliss-reactive ketones (excluding diaryl/α,β-unsaturated/α-hetero) is 1. The number of rotatable bonds is 7. The first kappa shape index (κ1) is 14.7. The molecule has 0 unspecified atom stereocenters. The summed E-state index contributed by atoms with van der Waals surface area (Å²) in [6.07, 6.45) is 1.83. The topological polar surface area (TPSA) is 45.5 Å². The second kappa shape index (κ2) is 6.52. The van der Waals surface area contributed by atoms with Gasteiger partial charge in [0.2, 0.25) is 0 Å². The molecule has 0 spiro atoms. The number of nitrogens with zero attached hydrogens (tertiary/aromatic N) is 2. The zero-order chi connectivity index (χ0) is 13.7. The Balaban J connectivity index is 2.86. The van der Waals surface area contributed by atoms with E-state index in [1.165, 1.54) is 0 Å². The fourth-order valence-corrected chi connectivity index (χ4v) is 2.07. The molecule has 0 radical (unpaired) electrons. The maximum atomic E-state index is 12.2. The van der Waals surface area contributed by atoms with Crippen LogP contribution in [0.3, 0.4) is 0 Å². The second-order valence-corrected chi connectivity index (χ2v) is 4.57. The first-order valence-electron chi connectivity index (χ1n) is 6.11. The quantitative estimate of drug-likeness (QED) is 0.587. The Hall–Kier alpha value is -1.39. The predicted octanol–water partition coefficient (Wildman–Crippen LogP) is 1.40. The van der Waals surface area contributed by atoms with Crippen LogP contribution in [0.4, 0.5) is 0 Å². The lowest BCUT2D eigenvalue weighted by Gasteiger charge is -2.13. The molecule has 1 rings (SSSR count). The summed E-state index contributed by atoms with van der Waals surface area (Å²) in [7, 11) is 1.83. The molecule has 0 atom stereocenters. The third-order valence-electron chi connectivity index (χ3n) is 3.08. The summed E-state index contributed by atoms with van der Waals surface area (Å²) in [5.74, 6) is 0.0920. The second-order valence-electron chi connectivity index (χ2n) is 4.57. The van der Waals surface area contributed by atoms with Crippen LogP contribution in [-0.2, 0) is 6.54 Å². The zero-order valence-electron chi connectivity index (χ0n) is 11.4. The Bertz CT molecular complexity index is 435. The molecule has 0 saturated carbocycles. The van der Waals surface area contributed by atoms with Crippen LogP contribution in [0, 0.1) is 13.8 Å². The van der Waals surface area contributed by atoms with Gasteiger partial charge in [-0.15, -0.1) is 6.58 Å². The third-order valence-corrected chi connectivity index (χ3v) is 3.08. The maximum Gasteiger partial charge on any atom is 0.178 e. The molecular weight excluding hydrogens is 228 g/mol. The van der Waals surface area contributed by atoms with Crippen LogP contribution in [-0.4, -0.2) is 47.1 Å². The monoisotopic (exact) mass is 250 g/mol. The summed E-state index contributed by atoms with van der Waals surface area (Å²) in [5.41, 5.74) is 2.81. The van der Waals surface area contributed by atoms with Gasteiger partial charge in [0.15, 0.2) is 5.78 Å². The van der Waals surface area contributed by atoms with Crippen LogP contribution < -0.4 is 0 Å². The molecular formula is C14H22N2O2. The molecule has 1 N–H and O–H groups in total. The Morgan fingerprint density at radius 3 is 2.78 bits per heavy atom. The lowest BCUT2D eigenvalue weighted by molar-refractivity contribution is 0.0935. The first-order valence-corrected chi connectivity index (χ1v) is 6.11. The number of aromatic nitrogens is 1. The molecule has 1 aromatic heterocycles. The highest BCUT2D eigenvalue weighted by Crippen LogP contribution is 2.16. The molecule has 18 heavy (non-hydrogen) atoms. The molecule has 1 heterocycles. The number of hydrogen-bond acceptors (Lipinski definition) is 3. The molecule has 0 aliphatic carbocycles. The fraction of sp³-hybridized carbons (Fsp3) is 0.500. The van der Waals surface area contributed by atoms with Crippen molar-refractivity contribution >= 4 is 5.78 Å². The van der Waals surface area contributed by atoms with Crippen molar-refractivity contribution in [3.63, 3.8) is 0 Å². The van der Waals surface area contributed by atoms with E-state index in [-0.39, 0.29) is 12.4 Å². The Morgan fingerprint density at radius 1 is 1.56 bits per heavy atom. The number of likely N-dealkylation sites (N-methyl/N-ethyl adjacent to an activating group) is 1. The number of allylic oxidation sites excluding steroid dienone is 1. The maximum absolute atomic E-state index is 12.2. The van der Waals surface area contributed by atoms with Crippen molar-refractivity contribution < 1.29 is 9.90 Å². The van der Waals surface area contributed by atoms with Crippen LogP contribution in [0.25, 0.3) is 0 Å². The van der Waals surface area contributed by atoms with Crippen molar-refractivity contribution in [3.05, 3.63) is 35.7 Å². The van der Waals surface area contributed by atoms with Crippen LogP contribution in [0.5, 0.6) is 0 Å². The third kappa shape index (κ3) is 3.31. The molecule has 0 bridgehead atoms. The van der Waals surface area contributed by atoms with Crippen LogP contribution in [0.1, 0.15) is 21.7 Å². The van der Waals surface area contributed by atoms with E-state index in [2.05, 4.69) is 11.1 Å². The molecule has 100 valence electrons. The van der Waals surface area contributed by atoms with Crippen LogP contribution >= 0.6 is 0 Å². The molecule has 4 nitrogen and oxygen atoms in total. The Kier molecular flexibility index (Phi) is 5.31. The average Bonchev–Trinajstić information content (AvgIpc) is 2.57. The molecule has 1 aromatic rings. The van der Waals surface area contributed by atoms with Crippen molar-refractivity contribution in [2.45, 2.75) is 20.4 Å². The van der Waals surface area contributed by atoms with Crippen molar-refractivity contribution in [1.29, 1.82) is 0 Å². The normalized spacial score (nSPS) is 10.9. The standard InChI is InChI=1S/C14H22N2O2/c1-5-6-16-11(2)9-13(12(16)3)14(18)10-15(4)7-8-17/h5,9,17H,1,6-8,10H2,2-4H3. The molecule has 0 aliphatic heterocycles. The summed E-state index contributed by atoms with van der Waals surface area (Å²) in [5, 5.41) is 8.82. The SMILES string of the molecule is C=CCn1c(C)cc(C(=O)CN(C)CCO)c1C. The Labute approximate surface area is 109 Å². The van der Waals surface area contributed by atoms with E-state index >= 15 is 0 Å². The van der Waals surface area contributed by atoms with Gasteiger partial charge in [0.1, 0.15) is 0 Å². The van der Waals surface area contributed by atoms with Gasteiger partial charge in [-0.2, -0.15) is 0 Å².